The van der Waals surface area contributed by atoms with Crippen LogP contribution in [0, 0.1) is 12.7 Å². The van der Waals surface area contributed by atoms with Crippen LogP contribution in [0.4, 0.5) is 4.39 Å². The van der Waals surface area contributed by atoms with Crippen molar-refractivity contribution >= 4 is 33.4 Å². The topological polar surface area (TPSA) is 84.2 Å². The Hall–Kier alpha value is -2.74. The Balaban J connectivity index is 1.74. The molecule has 0 aliphatic rings. The number of carboxylic acids is 1. The van der Waals surface area contributed by atoms with Gasteiger partial charge in [0, 0.05) is 18.4 Å². The number of carbonyl (C=O) groups is 2. The number of carboxylic acid groups (broad SMARTS) is 1. The third kappa shape index (κ3) is 3.91. The molecule has 0 unspecified atom stereocenters. The summed E-state index contributed by atoms with van der Waals surface area (Å²) >= 11 is 1.32. The highest BCUT2D eigenvalue weighted by Gasteiger charge is 2.17. The number of hydrogen-bond donors (Lipinski definition) is 2. The van der Waals surface area contributed by atoms with Crippen molar-refractivity contribution in [1.29, 1.82) is 0 Å². The van der Waals surface area contributed by atoms with E-state index in [0.717, 1.165) is 21.6 Å². The van der Waals surface area contributed by atoms with Crippen LogP contribution in [0.25, 0.3) is 15.9 Å². The van der Waals surface area contributed by atoms with Crippen molar-refractivity contribution in [2.24, 2.45) is 0 Å². The maximum absolute atomic E-state index is 13.1. The first-order valence-electron chi connectivity index (χ1n) is 8.21. The molecule has 1 aromatic carbocycles. The van der Waals surface area contributed by atoms with E-state index in [1.165, 1.54) is 23.5 Å². The first kappa shape index (κ1) is 18.1. The number of unbranched alkanes of at least 4 members (excludes halogenated alkanes) is 1. The lowest BCUT2D eigenvalue weighted by molar-refractivity contribution is -0.137. The van der Waals surface area contributed by atoms with Crippen LogP contribution in [0.3, 0.4) is 0 Å². The summed E-state index contributed by atoms with van der Waals surface area (Å²) in [6, 6.07) is 7.83. The molecule has 8 heteroatoms. The predicted octanol–water partition coefficient (Wildman–Crippen LogP) is 3.52. The summed E-state index contributed by atoms with van der Waals surface area (Å²) in [4.78, 5) is 24.2. The molecule has 0 saturated carbocycles. The van der Waals surface area contributed by atoms with Crippen molar-refractivity contribution in [2.45, 2.75) is 26.2 Å². The number of nitrogens with one attached hydrogen (secondary N) is 1. The largest absolute Gasteiger partial charge is 0.481 e. The van der Waals surface area contributed by atoms with Crippen molar-refractivity contribution in [2.75, 3.05) is 6.54 Å². The molecule has 3 rings (SSSR count). The minimum Gasteiger partial charge on any atom is -0.481 e. The van der Waals surface area contributed by atoms with Gasteiger partial charge in [0.25, 0.3) is 5.91 Å². The first-order chi connectivity index (χ1) is 12.5. The Kier molecular flexibility index (Phi) is 5.32. The van der Waals surface area contributed by atoms with Crippen LogP contribution in [0.1, 0.15) is 34.6 Å². The fraction of sp³-hybridized carbons (Fsp3) is 0.278. The van der Waals surface area contributed by atoms with Crippen LogP contribution in [0.15, 0.2) is 30.3 Å². The molecule has 0 aliphatic heterocycles. The summed E-state index contributed by atoms with van der Waals surface area (Å²) in [5, 5.41) is 16.8. The lowest BCUT2D eigenvalue weighted by Crippen LogP contribution is -2.23. The highest BCUT2D eigenvalue weighted by molar-refractivity contribution is 7.20. The van der Waals surface area contributed by atoms with Crippen molar-refractivity contribution in [3.8, 4) is 5.69 Å². The molecule has 0 fully saturated rings. The van der Waals surface area contributed by atoms with Crippen molar-refractivity contribution in [3.63, 3.8) is 0 Å². The van der Waals surface area contributed by atoms with E-state index in [1.807, 2.05) is 6.92 Å². The fourth-order valence-corrected chi connectivity index (χ4v) is 3.71. The maximum Gasteiger partial charge on any atom is 0.303 e. The molecule has 2 N–H and O–H groups in total. The summed E-state index contributed by atoms with van der Waals surface area (Å²) in [7, 11) is 0. The summed E-state index contributed by atoms with van der Waals surface area (Å²) in [5.41, 5.74) is 1.52. The summed E-state index contributed by atoms with van der Waals surface area (Å²) in [6.45, 7) is 2.30. The smallest absolute Gasteiger partial charge is 0.303 e. The molecule has 0 spiro atoms. The Morgan fingerprint density at radius 2 is 2.00 bits per heavy atom. The fourth-order valence-electron chi connectivity index (χ4n) is 2.61. The second-order valence-electron chi connectivity index (χ2n) is 5.91. The molecule has 0 atom stereocenters. The van der Waals surface area contributed by atoms with Gasteiger partial charge >= 0.3 is 5.97 Å². The molecule has 6 nitrogen and oxygen atoms in total. The molecule has 0 aliphatic carbocycles. The molecule has 1 amide bonds. The van der Waals surface area contributed by atoms with Crippen LogP contribution in [-0.2, 0) is 4.79 Å². The number of halogens is 1. The minimum atomic E-state index is -0.832. The Bertz CT molecular complexity index is 947. The lowest BCUT2D eigenvalue weighted by atomic mass is 10.2. The number of fused-ring (bicyclic) bond motifs is 1. The van der Waals surface area contributed by atoms with E-state index < -0.39 is 5.97 Å². The van der Waals surface area contributed by atoms with Gasteiger partial charge in [-0.25, -0.2) is 9.07 Å². The summed E-state index contributed by atoms with van der Waals surface area (Å²) in [6.07, 6.45) is 1.25. The number of nitrogens with zero attached hydrogens (tertiary/aromatic N) is 2. The van der Waals surface area contributed by atoms with Gasteiger partial charge in [0.1, 0.15) is 10.6 Å². The second kappa shape index (κ2) is 7.65. The normalized spacial score (nSPS) is 11.0. The average molecular weight is 375 g/mol. The minimum absolute atomic E-state index is 0.103. The van der Waals surface area contributed by atoms with Gasteiger partial charge in [0.15, 0.2) is 0 Å². The van der Waals surface area contributed by atoms with Crippen LogP contribution in [0.2, 0.25) is 0 Å². The Morgan fingerprint density at radius 3 is 2.69 bits per heavy atom. The Labute approximate surface area is 153 Å². The highest BCUT2D eigenvalue weighted by atomic mass is 32.1. The van der Waals surface area contributed by atoms with E-state index in [4.69, 9.17) is 5.11 Å². The van der Waals surface area contributed by atoms with E-state index in [0.29, 0.717) is 24.3 Å². The quantitative estimate of drug-likeness (QED) is 0.619. The zero-order valence-corrected chi connectivity index (χ0v) is 15.0. The second-order valence-corrected chi connectivity index (χ2v) is 6.94. The zero-order valence-electron chi connectivity index (χ0n) is 14.2. The Morgan fingerprint density at radius 1 is 1.27 bits per heavy atom. The van der Waals surface area contributed by atoms with Gasteiger partial charge in [0.2, 0.25) is 0 Å². The molecular formula is C18H18FN3O3S. The van der Waals surface area contributed by atoms with Gasteiger partial charge in [-0.1, -0.05) is 0 Å². The van der Waals surface area contributed by atoms with Crippen molar-refractivity contribution < 1.29 is 19.1 Å². The van der Waals surface area contributed by atoms with Crippen LogP contribution in [0.5, 0.6) is 0 Å². The third-order valence-corrected chi connectivity index (χ3v) is 5.05. The van der Waals surface area contributed by atoms with E-state index in [9.17, 15) is 14.0 Å². The van der Waals surface area contributed by atoms with Gasteiger partial charge in [-0.2, -0.15) is 5.10 Å². The number of amides is 1. The van der Waals surface area contributed by atoms with Crippen molar-refractivity contribution in [1.82, 2.24) is 15.1 Å². The first-order valence-corrected chi connectivity index (χ1v) is 9.02. The number of aromatic nitrogens is 2. The number of benzene rings is 1. The zero-order chi connectivity index (χ0) is 18.7. The molecular weight excluding hydrogens is 357 g/mol. The van der Waals surface area contributed by atoms with Crippen molar-refractivity contribution in [3.05, 3.63) is 46.7 Å². The molecule has 2 aromatic heterocycles. The molecule has 0 bridgehead atoms. The average Bonchev–Trinajstić information content (AvgIpc) is 3.16. The van der Waals surface area contributed by atoms with Crippen LogP contribution in [-0.4, -0.2) is 33.3 Å². The summed E-state index contributed by atoms with van der Waals surface area (Å²) < 4.78 is 14.8. The number of carbonyl (C=O) groups excluding carboxylic acids is 1. The van der Waals surface area contributed by atoms with E-state index in [2.05, 4.69) is 10.4 Å². The monoisotopic (exact) mass is 375 g/mol. The van der Waals surface area contributed by atoms with Gasteiger partial charge < -0.3 is 10.4 Å². The molecule has 26 heavy (non-hydrogen) atoms. The van der Waals surface area contributed by atoms with Crippen LogP contribution < -0.4 is 5.32 Å². The number of rotatable bonds is 7. The van der Waals surface area contributed by atoms with Gasteiger partial charge in [-0.15, -0.1) is 11.3 Å². The van der Waals surface area contributed by atoms with Gasteiger partial charge in [-0.05, 0) is 50.1 Å². The third-order valence-electron chi connectivity index (χ3n) is 3.94. The lowest BCUT2D eigenvalue weighted by Gasteiger charge is -2.03. The molecule has 0 radical (unpaired) electrons. The van der Waals surface area contributed by atoms with Crippen LogP contribution >= 0.6 is 11.3 Å². The number of hydrogen-bond acceptors (Lipinski definition) is 4. The summed E-state index contributed by atoms with van der Waals surface area (Å²) in [5.74, 6) is -1.34. The maximum atomic E-state index is 13.1. The standard InChI is InChI=1S/C18H18FN3O3S/c1-11-14-10-15(17(25)20-9-3-2-4-16(23)24)26-18(14)22(21-11)13-7-5-12(19)6-8-13/h5-8,10H,2-4,9H2,1H3,(H,20,25)(H,23,24). The SMILES string of the molecule is Cc1nn(-c2ccc(F)cc2)c2sc(C(=O)NCCCCC(=O)O)cc12. The van der Waals surface area contributed by atoms with Gasteiger partial charge in [-0.3, -0.25) is 9.59 Å². The number of thiophene rings is 1. The molecule has 3 aromatic rings. The van der Waals surface area contributed by atoms with E-state index >= 15 is 0 Å². The molecule has 0 saturated heterocycles. The number of aliphatic carboxylic acids is 1. The highest BCUT2D eigenvalue weighted by Crippen LogP contribution is 2.30. The van der Waals surface area contributed by atoms with E-state index in [1.54, 1.807) is 22.9 Å². The van der Waals surface area contributed by atoms with Gasteiger partial charge in [0.05, 0.1) is 16.3 Å². The number of aryl methyl sites for hydroxylation is 1. The molecule has 136 valence electrons. The molecule has 2 heterocycles. The predicted molar refractivity (Wildman–Crippen MR) is 97.5 cm³/mol. The van der Waals surface area contributed by atoms with E-state index in [-0.39, 0.29) is 18.1 Å².